The number of anilines is 1. The first kappa shape index (κ1) is 13.9. The van der Waals surface area contributed by atoms with Gasteiger partial charge in [0, 0.05) is 5.56 Å². The number of Topliss-reactive ketones (excluding diaryl/α,β-unsaturated/α-hetero) is 1. The molecule has 0 heterocycles. The highest BCUT2D eigenvalue weighted by Gasteiger charge is 2.17. The zero-order valence-electron chi connectivity index (χ0n) is 11.0. The van der Waals surface area contributed by atoms with E-state index in [1.165, 1.54) is 18.2 Å². The molecule has 0 bridgehead atoms. The minimum Gasteiger partial charge on any atom is -0.317 e. The predicted molar refractivity (Wildman–Crippen MR) is 75.2 cm³/mol. The molecule has 0 fully saturated rings. The van der Waals surface area contributed by atoms with Gasteiger partial charge < -0.3 is 5.32 Å². The summed E-state index contributed by atoms with van der Waals surface area (Å²) in [5.74, 6) is -2.11. The van der Waals surface area contributed by atoms with Gasteiger partial charge in [-0.15, -0.1) is 0 Å². The summed E-state index contributed by atoms with van der Waals surface area (Å²) in [6.07, 6.45) is 0.857. The van der Waals surface area contributed by atoms with E-state index in [-0.39, 0.29) is 11.3 Å². The Morgan fingerprint density at radius 3 is 2.30 bits per heavy atom. The summed E-state index contributed by atoms with van der Waals surface area (Å²) >= 11 is 0. The fraction of sp³-hybridized carbons (Fsp3) is 0.125. The fourth-order valence-electron chi connectivity index (χ4n) is 1.76. The molecule has 4 heteroatoms. The van der Waals surface area contributed by atoms with Crippen molar-refractivity contribution in [2.24, 2.45) is 0 Å². The molecule has 2 rings (SSSR count). The lowest BCUT2D eigenvalue weighted by Crippen LogP contribution is -2.23. The normalized spacial score (nSPS) is 10.1. The zero-order valence-corrected chi connectivity index (χ0v) is 11.0. The van der Waals surface area contributed by atoms with Crippen molar-refractivity contribution in [1.82, 2.24) is 0 Å². The average Bonchev–Trinajstić information content (AvgIpc) is 2.49. The summed E-state index contributed by atoms with van der Waals surface area (Å²) in [4.78, 5) is 23.7. The molecule has 0 aromatic heterocycles. The van der Waals surface area contributed by atoms with Crippen LogP contribution in [0.5, 0.6) is 0 Å². The molecular weight excluding hydrogens is 257 g/mol. The van der Waals surface area contributed by atoms with Gasteiger partial charge in [-0.05, 0) is 24.1 Å². The number of ketones is 1. The summed E-state index contributed by atoms with van der Waals surface area (Å²) in [6, 6.07) is 12.5. The lowest BCUT2D eigenvalue weighted by molar-refractivity contribution is -0.112. The van der Waals surface area contributed by atoms with E-state index in [0.717, 1.165) is 12.0 Å². The van der Waals surface area contributed by atoms with Crippen molar-refractivity contribution in [3.05, 3.63) is 65.5 Å². The molecule has 0 radical (unpaired) electrons. The number of rotatable bonds is 4. The van der Waals surface area contributed by atoms with E-state index in [4.69, 9.17) is 0 Å². The SMILES string of the molecule is CCc1ccc(C(=O)C(=O)Nc2ccccc2F)cc1. The molecule has 0 aliphatic rings. The van der Waals surface area contributed by atoms with Gasteiger partial charge >= 0.3 is 0 Å². The van der Waals surface area contributed by atoms with Crippen LogP contribution in [-0.4, -0.2) is 11.7 Å². The Morgan fingerprint density at radius 1 is 1.05 bits per heavy atom. The van der Waals surface area contributed by atoms with Crippen molar-refractivity contribution in [3.63, 3.8) is 0 Å². The van der Waals surface area contributed by atoms with Gasteiger partial charge in [0.1, 0.15) is 5.82 Å². The van der Waals surface area contributed by atoms with Crippen molar-refractivity contribution in [1.29, 1.82) is 0 Å². The second-order valence-corrected chi connectivity index (χ2v) is 4.31. The first-order valence-electron chi connectivity index (χ1n) is 6.31. The van der Waals surface area contributed by atoms with E-state index in [9.17, 15) is 14.0 Å². The molecule has 2 aromatic carbocycles. The Labute approximate surface area is 116 Å². The number of hydrogen-bond donors (Lipinski definition) is 1. The lowest BCUT2D eigenvalue weighted by atomic mass is 10.1. The van der Waals surface area contributed by atoms with Crippen LogP contribution in [0.1, 0.15) is 22.8 Å². The van der Waals surface area contributed by atoms with Gasteiger partial charge in [0.15, 0.2) is 0 Å². The van der Waals surface area contributed by atoms with Crippen molar-refractivity contribution < 1.29 is 14.0 Å². The van der Waals surface area contributed by atoms with Gasteiger partial charge in [-0.25, -0.2) is 4.39 Å². The topological polar surface area (TPSA) is 46.2 Å². The molecule has 1 amide bonds. The number of halogens is 1. The van der Waals surface area contributed by atoms with Crippen LogP contribution in [-0.2, 0) is 11.2 Å². The van der Waals surface area contributed by atoms with Crippen molar-refractivity contribution in [2.75, 3.05) is 5.32 Å². The van der Waals surface area contributed by atoms with Gasteiger partial charge in [-0.3, -0.25) is 9.59 Å². The Hall–Kier alpha value is -2.49. The molecule has 0 aliphatic heterocycles. The molecule has 0 unspecified atom stereocenters. The highest BCUT2D eigenvalue weighted by Crippen LogP contribution is 2.13. The number of aryl methyl sites for hydroxylation is 1. The summed E-state index contributed by atoms with van der Waals surface area (Å²) in [5, 5.41) is 2.27. The molecule has 3 nitrogen and oxygen atoms in total. The molecule has 2 aromatic rings. The van der Waals surface area contributed by atoms with Gasteiger partial charge in [-0.1, -0.05) is 43.3 Å². The second kappa shape index (κ2) is 6.10. The fourth-order valence-corrected chi connectivity index (χ4v) is 1.76. The number of amides is 1. The maximum atomic E-state index is 13.4. The summed E-state index contributed by atoms with van der Waals surface area (Å²) < 4.78 is 13.4. The third-order valence-corrected chi connectivity index (χ3v) is 2.95. The predicted octanol–water partition coefficient (Wildman–Crippen LogP) is 3.21. The third-order valence-electron chi connectivity index (χ3n) is 2.95. The molecule has 0 atom stereocenters. The highest BCUT2D eigenvalue weighted by molar-refractivity contribution is 6.46. The van der Waals surface area contributed by atoms with Crippen LogP contribution in [0.3, 0.4) is 0 Å². The molecule has 102 valence electrons. The monoisotopic (exact) mass is 271 g/mol. The van der Waals surface area contributed by atoms with E-state index in [0.29, 0.717) is 0 Å². The van der Waals surface area contributed by atoms with E-state index in [1.807, 2.05) is 6.92 Å². The van der Waals surface area contributed by atoms with Gasteiger partial charge in [0.2, 0.25) is 0 Å². The number of para-hydroxylation sites is 1. The number of carbonyl (C=O) groups is 2. The number of hydrogen-bond acceptors (Lipinski definition) is 2. The molecule has 0 aliphatic carbocycles. The van der Waals surface area contributed by atoms with Crippen LogP contribution in [0, 0.1) is 5.82 Å². The molecule has 0 saturated carbocycles. The lowest BCUT2D eigenvalue weighted by Gasteiger charge is -2.05. The molecule has 20 heavy (non-hydrogen) atoms. The first-order chi connectivity index (χ1) is 9.61. The van der Waals surface area contributed by atoms with Crippen LogP contribution in [0.4, 0.5) is 10.1 Å². The number of carbonyl (C=O) groups excluding carboxylic acids is 2. The first-order valence-corrected chi connectivity index (χ1v) is 6.31. The van der Waals surface area contributed by atoms with E-state index < -0.39 is 17.5 Å². The largest absolute Gasteiger partial charge is 0.317 e. The highest BCUT2D eigenvalue weighted by atomic mass is 19.1. The van der Waals surface area contributed by atoms with Gasteiger partial charge in [0.05, 0.1) is 5.69 Å². The van der Waals surface area contributed by atoms with Crippen LogP contribution in [0.25, 0.3) is 0 Å². The number of nitrogens with one attached hydrogen (secondary N) is 1. The standard InChI is InChI=1S/C16H14FNO2/c1-2-11-7-9-12(10-8-11)15(19)16(20)18-14-6-4-3-5-13(14)17/h3-10H,2H2,1H3,(H,18,20). The van der Waals surface area contributed by atoms with Crippen LogP contribution >= 0.6 is 0 Å². The van der Waals surface area contributed by atoms with Crippen molar-refractivity contribution in [3.8, 4) is 0 Å². The second-order valence-electron chi connectivity index (χ2n) is 4.31. The molecular formula is C16H14FNO2. The molecule has 0 saturated heterocycles. The Kier molecular flexibility index (Phi) is 4.25. The van der Waals surface area contributed by atoms with Crippen molar-refractivity contribution in [2.45, 2.75) is 13.3 Å². The van der Waals surface area contributed by atoms with E-state index >= 15 is 0 Å². The summed E-state index contributed by atoms with van der Waals surface area (Å²) in [6.45, 7) is 2.00. The molecule has 0 spiro atoms. The van der Waals surface area contributed by atoms with Gasteiger partial charge in [-0.2, -0.15) is 0 Å². The average molecular weight is 271 g/mol. The minimum atomic E-state index is -0.848. The van der Waals surface area contributed by atoms with Gasteiger partial charge in [0.25, 0.3) is 11.7 Å². The third kappa shape index (κ3) is 3.09. The van der Waals surface area contributed by atoms with E-state index in [2.05, 4.69) is 5.32 Å². The quantitative estimate of drug-likeness (QED) is 0.685. The maximum absolute atomic E-state index is 13.4. The number of benzene rings is 2. The maximum Gasteiger partial charge on any atom is 0.296 e. The minimum absolute atomic E-state index is 0.00368. The Bertz CT molecular complexity index is 635. The zero-order chi connectivity index (χ0) is 14.5. The van der Waals surface area contributed by atoms with Crippen LogP contribution in [0.2, 0.25) is 0 Å². The van der Waals surface area contributed by atoms with E-state index in [1.54, 1.807) is 30.3 Å². The van der Waals surface area contributed by atoms with Crippen LogP contribution < -0.4 is 5.32 Å². The summed E-state index contributed by atoms with van der Waals surface area (Å²) in [5.41, 5.74) is 1.36. The van der Waals surface area contributed by atoms with Crippen molar-refractivity contribution >= 4 is 17.4 Å². The Morgan fingerprint density at radius 2 is 1.70 bits per heavy atom. The molecule has 1 N–H and O–H groups in total. The summed E-state index contributed by atoms with van der Waals surface area (Å²) in [7, 11) is 0. The Balaban J connectivity index is 2.12. The smallest absolute Gasteiger partial charge is 0.296 e. The van der Waals surface area contributed by atoms with Crippen LogP contribution in [0.15, 0.2) is 48.5 Å².